The van der Waals surface area contributed by atoms with Crippen LogP contribution in [0.2, 0.25) is 0 Å². The van der Waals surface area contributed by atoms with E-state index in [4.69, 9.17) is 0 Å². The molecule has 0 aliphatic heterocycles. The summed E-state index contributed by atoms with van der Waals surface area (Å²) in [6, 6.07) is 17.1. The minimum absolute atomic E-state index is 0.110. The van der Waals surface area contributed by atoms with Crippen LogP contribution in [0.3, 0.4) is 0 Å². The Hall–Kier alpha value is -3.12. The second-order valence-electron chi connectivity index (χ2n) is 5.12. The van der Waals surface area contributed by atoms with Gasteiger partial charge in [0.2, 0.25) is 0 Å². The molecule has 0 fully saturated rings. The topological polar surface area (TPSA) is 39.1 Å². The lowest BCUT2D eigenvalue weighted by Gasteiger charge is -2.14. The highest BCUT2D eigenvalue weighted by Gasteiger charge is 2.12. The van der Waals surface area contributed by atoms with E-state index in [0.717, 1.165) is 23.2 Å². The van der Waals surface area contributed by atoms with Gasteiger partial charge in [-0.05, 0) is 42.0 Å². The van der Waals surface area contributed by atoms with Crippen LogP contribution in [0, 0.1) is 11.8 Å². The van der Waals surface area contributed by atoms with Crippen LogP contribution in [0.25, 0.3) is 16.5 Å². The summed E-state index contributed by atoms with van der Waals surface area (Å²) < 4.78 is 1.72. The Balaban J connectivity index is 2.43. The van der Waals surface area contributed by atoms with E-state index in [1.165, 1.54) is 0 Å². The molecule has 0 saturated carbocycles. The monoisotopic (exact) mass is 301 g/mol. The van der Waals surface area contributed by atoms with Crippen LogP contribution >= 0.6 is 0 Å². The van der Waals surface area contributed by atoms with Gasteiger partial charge in [-0.25, -0.2) is 0 Å². The van der Waals surface area contributed by atoms with Crippen molar-refractivity contribution in [1.82, 2.24) is 4.57 Å². The molecule has 0 radical (unpaired) electrons. The number of fused-ring (bicyclic) bond motifs is 1. The van der Waals surface area contributed by atoms with E-state index in [9.17, 15) is 9.59 Å². The second-order valence-corrected chi connectivity index (χ2v) is 5.12. The fourth-order valence-electron chi connectivity index (χ4n) is 2.75. The third-order valence-electron chi connectivity index (χ3n) is 3.77. The van der Waals surface area contributed by atoms with Crippen LogP contribution in [-0.2, 0) is 11.2 Å². The molecular weight excluding hydrogens is 286 g/mol. The summed E-state index contributed by atoms with van der Waals surface area (Å²) in [6.45, 7) is 2.02. The molecule has 0 saturated heterocycles. The van der Waals surface area contributed by atoms with Crippen molar-refractivity contribution in [3.05, 3.63) is 76.2 Å². The molecule has 23 heavy (non-hydrogen) atoms. The van der Waals surface area contributed by atoms with E-state index in [1.807, 2.05) is 55.5 Å². The third-order valence-corrected chi connectivity index (χ3v) is 3.77. The highest BCUT2D eigenvalue weighted by atomic mass is 16.1. The molecule has 0 bridgehead atoms. The number of rotatable bonds is 2. The predicted molar refractivity (Wildman–Crippen MR) is 91.9 cm³/mol. The molecule has 0 unspecified atom stereocenters. The summed E-state index contributed by atoms with van der Waals surface area (Å²) in [5.74, 6) is 5.16. The van der Waals surface area contributed by atoms with E-state index in [0.29, 0.717) is 17.2 Å². The number of nitrogens with zero attached hydrogens (tertiary/aromatic N) is 1. The fourth-order valence-corrected chi connectivity index (χ4v) is 2.75. The normalized spacial score (nSPS) is 10.1. The molecule has 0 amide bonds. The molecule has 3 aromatic rings. The van der Waals surface area contributed by atoms with Gasteiger partial charge >= 0.3 is 0 Å². The maximum atomic E-state index is 13.1. The first-order valence-corrected chi connectivity index (χ1v) is 7.44. The molecule has 112 valence electrons. The van der Waals surface area contributed by atoms with Crippen molar-refractivity contribution in [3.8, 4) is 17.5 Å². The Labute approximate surface area is 134 Å². The van der Waals surface area contributed by atoms with Gasteiger partial charge in [0.25, 0.3) is 5.56 Å². The van der Waals surface area contributed by atoms with Crippen LogP contribution in [0.5, 0.6) is 0 Å². The average Bonchev–Trinajstić information content (AvgIpc) is 2.60. The Kier molecular flexibility index (Phi) is 4.07. The van der Waals surface area contributed by atoms with Crippen LogP contribution in [0.4, 0.5) is 0 Å². The molecule has 0 aliphatic rings. The van der Waals surface area contributed by atoms with Crippen molar-refractivity contribution in [3.63, 3.8) is 0 Å². The van der Waals surface area contributed by atoms with Gasteiger partial charge in [0, 0.05) is 16.9 Å². The van der Waals surface area contributed by atoms with Gasteiger partial charge in [-0.15, -0.1) is 0 Å². The van der Waals surface area contributed by atoms with Crippen molar-refractivity contribution < 1.29 is 4.79 Å². The summed E-state index contributed by atoms with van der Waals surface area (Å²) in [5, 5.41) is 1.39. The second kappa shape index (κ2) is 6.33. The Bertz CT molecular complexity index is 989. The maximum Gasteiger partial charge on any atom is 0.264 e. The largest absolute Gasteiger partial charge is 0.289 e. The van der Waals surface area contributed by atoms with Crippen LogP contribution in [-0.4, -0.2) is 10.9 Å². The molecule has 0 atom stereocenters. The van der Waals surface area contributed by atoms with Gasteiger partial charge in [0.1, 0.15) is 0 Å². The number of aldehydes is 1. The van der Waals surface area contributed by atoms with Gasteiger partial charge in [0.15, 0.2) is 6.29 Å². The molecule has 0 N–H and O–H groups in total. The highest BCUT2D eigenvalue weighted by Crippen LogP contribution is 2.19. The number of para-hydroxylation sites is 1. The van der Waals surface area contributed by atoms with E-state index >= 15 is 0 Å². The van der Waals surface area contributed by atoms with E-state index in [2.05, 4.69) is 11.8 Å². The molecule has 0 aliphatic carbocycles. The first kappa shape index (κ1) is 14.8. The van der Waals surface area contributed by atoms with Gasteiger partial charge in [0.05, 0.1) is 5.39 Å². The molecular formula is C20H15NO2. The fraction of sp³-hybridized carbons (Fsp3) is 0.100. The summed E-state index contributed by atoms with van der Waals surface area (Å²) in [4.78, 5) is 23.6. The number of aromatic nitrogens is 1. The zero-order valence-electron chi connectivity index (χ0n) is 12.7. The molecule has 0 spiro atoms. The number of hydrogen-bond donors (Lipinski definition) is 0. The highest BCUT2D eigenvalue weighted by molar-refractivity contribution is 5.89. The first-order valence-electron chi connectivity index (χ1n) is 7.44. The number of aryl methyl sites for hydroxylation is 1. The quantitative estimate of drug-likeness (QED) is 0.539. The first-order chi connectivity index (χ1) is 11.3. The number of pyridine rings is 1. The van der Waals surface area contributed by atoms with E-state index < -0.39 is 0 Å². The van der Waals surface area contributed by atoms with Crippen molar-refractivity contribution in [2.75, 3.05) is 0 Å². The van der Waals surface area contributed by atoms with Crippen LogP contribution < -0.4 is 5.56 Å². The minimum Gasteiger partial charge on any atom is -0.289 e. The molecule has 3 heteroatoms. The Morgan fingerprint density at radius 1 is 1.09 bits per heavy atom. The zero-order chi connectivity index (χ0) is 16.2. The minimum atomic E-state index is -0.110. The molecule has 1 heterocycles. The Morgan fingerprint density at radius 2 is 1.87 bits per heavy atom. The van der Waals surface area contributed by atoms with Crippen molar-refractivity contribution in [1.29, 1.82) is 0 Å². The van der Waals surface area contributed by atoms with Gasteiger partial charge in [-0.3, -0.25) is 14.2 Å². The summed E-state index contributed by atoms with van der Waals surface area (Å²) in [5.41, 5.74) is 2.23. The lowest BCUT2D eigenvalue weighted by atomic mass is 10.0. The number of benzene rings is 2. The molecule has 1 aromatic heterocycles. The summed E-state index contributed by atoms with van der Waals surface area (Å²) >= 11 is 0. The van der Waals surface area contributed by atoms with Gasteiger partial charge < -0.3 is 0 Å². The molecule has 2 aromatic carbocycles. The predicted octanol–water partition coefficient (Wildman–Crippen LogP) is 3.10. The van der Waals surface area contributed by atoms with Crippen molar-refractivity contribution >= 4 is 17.1 Å². The van der Waals surface area contributed by atoms with E-state index in [1.54, 1.807) is 10.6 Å². The maximum absolute atomic E-state index is 13.1. The third kappa shape index (κ3) is 2.67. The van der Waals surface area contributed by atoms with Crippen LogP contribution in [0.15, 0.2) is 59.4 Å². The number of hydrogen-bond acceptors (Lipinski definition) is 2. The summed E-state index contributed by atoms with van der Waals surface area (Å²) in [7, 11) is 0. The van der Waals surface area contributed by atoms with Gasteiger partial charge in [-0.1, -0.05) is 43.2 Å². The smallest absolute Gasteiger partial charge is 0.264 e. The van der Waals surface area contributed by atoms with Crippen LogP contribution in [0.1, 0.15) is 18.2 Å². The average molecular weight is 301 g/mol. The van der Waals surface area contributed by atoms with Gasteiger partial charge in [-0.2, -0.15) is 0 Å². The van der Waals surface area contributed by atoms with Crippen molar-refractivity contribution in [2.45, 2.75) is 13.3 Å². The summed E-state index contributed by atoms with van der Waals surface area (Å²) in [6.07, 6.45) is 1.28. The van der Waals surface area contributed by atoms with E-state index in [-0.39, 0.29) is 5.56 Å². The number of carbonyl (C=O) groups excluding carboxylic acids is 1. The lowest BCUT2D eigenvalue weighted by Crippen LogP contribution is -2.22. The molecule has 3 nitrogen and oxygen atoms in total. The SMILES string of the molecule is CCc1cc2cccc(C#CC=O)c2c(=O)n1-c1ccccc1. The Morgan fingerprint density at radius 3 is 2.57 bits per heavy atom. The number of carbonyl (C=O) groups is 1. The lowest BCUT2D eigenvalue weighted by molar-refractivity contribution is -0.103. The molecule has 3 rings (SSSR count). The zero-order valence-corrected chi connectivity index (χ0v) is 12.7. The standard InChI is InChI=1S/C20H15NO2/c1-2-17-14-16-9-6-8-15(10-7-13-22)19(16)20(23)21(17)18-11-4-3-5-12-18/h3-6,8-9,11-14H,2H2,1H3. The van der Waals surface area contributed by atoms with Crippen molar-refractivity contribution in [2.24, 2.45) is 0 Å².